The maximum Gasteiger partial charge on any atom is 0.346 e. The fourth-order valence-corrected chi connectivity index (χ4v) is 3.70. The van der Waals surface area contributed by atoms with Crippen molar-refractivity contribution in [3.8, 4) is 5.75 Å². The lowest BCUT2D eigenvalue weighted by Crippen LogP contribution is -2.38. The first-order valence-electron chi connectivity index (χ1n) is 9.34. The minimum absolute atomic E-state index is 0.0248. The van der Waals surface area contributed by atoms with Crippen molar-refractivity contribution in [2.75, 3.05) is 13.2 Å². The number of hydrogen-bond acceptors (Lipinski definition) is 4. The Bertz CT molecular complexity index is 855. The number of fused-ring (bicyclic) bond motifs is 2. The Morgan fingerprint density at radius 2 is 2.15 bits per heavy atom. The number of nitrogens with zero attached hydrogens (tertiary/aromatic N) is 3. The maximum atomic E-state index is 12.4. The van der Waals surface area contributed by atoms with E-state index in [1.807, 2.05) is 18.2 Å². The molecule has 0 aliphatic carbocycles. The van der Waals surface area contributed by atoms with Gasteiger partial charge in [-0.25, -0.2) is 9.48 Å². The third-order valence-corrected chi connectivity index (χ3v) is 5.12. The Morgan fingerprint density at radius 3 is 3.08 bits per heavy atom. The van der Waals surface area contributed by atoms with Crippen LogP contribution in [0.3, 0.4) is 0 Å². The molecule has 1 atom stereocenters. The van der Waals surface area contributed by atoms with E-state index in [1.165, 1.54) is 10.2 Å². The first-order valence-corrected chi connectivity index (χ1v) is 9.34. The third kappa shape index (κ3) is 3.52. The normalized spacial score (nSPS) is 19.0. The lowest BCUT2D eigenvalue weighted by atomic mass is 9.97. The Hall–Kier alpha value is -2.57. The monoisotopic (exact) mass is 356 g/mol. The topological polar surface area (TPSA) is 78.2 Å². The van der Waals surface area contributed by atoms with Crippen molar-refractivity contribution in [1.29, 1.82) is 0 Å². The molecule has 26 heavy (non-hydrogen) atoms. The number of nitrogens with one attached hydrogen (secondary N) is 1. The van der Waals surface area contributed by atoms with Crippen LogP contribution in [0.15, 0.2) is 29.1 Å². The summed E-state index contributed by atoms with van der Waals surface area (Å²) in [6, 6.07) is 7.99. The number of benzene rings is 1. The summed E-state index contributed by atoms with van der Waals surface area (Å²) in [4.78, 5) is 24.7. The second kappa shape index (κ2) is 7.35. The molecule has 7 nitrogen and oxygen atoms in total. The van der Waals surface area contributed by atoms with Gasteiger partial charge in [-0.2, -0.15) is 5.10 Å². The Kier molecular flexibility index (Phi) is 4.77. The van der Waals surface area contributed by atoms with Crippen molar-refractivity contribution >= 4 is 5.91 Å². The molecule has 138 valence electrons. The van der Waals surface area contributed by atoms with E-state index >= 15 is 0 Å². The molecule has 1 aromatic heterocycles. The van der Waals surface area contributed by atoms with Gasteiger partial charge in [0.25, 0.3) is 0 Å². The number of carbonyl (C=O) groups excluding carboxylic acids is 1. The molecule has 0 radical (unpaired) electrons. The molecule has 2 aromatic rings. The number of aryl methyl sites for hydroxylation is 1. The average Bonchev–Trinajstić information content (AvgIpc) is 2.83. The van der Waals surface area contributed by atoms with Crippen LogP contribution in [0.5, 0.6) is 5.75 Å². The smallest absolute Gasteiger partial charge is 0.346 e. The van der Waals surface area contributed by atoms with Crippen LogP contribution >= 0.6 is 0 Å². The number of para-hydroxylation sites is 1. The molecule has 0 spiro atoms. The molecule has 0 saturated heterocycles. The molecule has 1 unspecified atom stereocenters. The first-order chi connectivity index (χ1) is 12.7. The van der Waals surface area contributed by atoms with Gasteiger partial charge in [0.1, 0.15) is 18.1 Å². The largest absolute Gasteiger partial charge is 0.493 e. The molecule has 7 heteroatoms. The molecule has 1 aromatic carbocycles. The van der Waals surface area contributed by atoms with E-state index in [-0.39, 0.29) is 24.1 Å². The van der Waals surface area contributed by atoms with E-state index in [2.05, 4.69) is 16.5 Å². The van der Waals surface area contributed by atoms with E-state index in [1.54, 1.807) is 4.57 Å². The van der Waals surface area contributed by atoms with Gasteiger partial charge in [-0.3, -0.25) is 9.36 Å². The van der Waals surface area contributed by atoms with Gasteiger partial charge in [-0.1, -0.05) is 24.6 Å². The fourth-order valence-electron chi connectivity index (χ4n) is 3.70. The van der Waals surface area contributed by atoms with Gasteiger partial charge < -0.3 is 10.1 Å². The summed E-state index contributed by atoms with van der Waals surface area (Å²) in [7, 11) is 0. The van der Waals surface area contributed by atoms with Crippen molar-refractivity contribution in [2.24, 2.45) is 5.92 Å². The van der Waals surface area contributed by atoms with E-state index in [9.17, 15) is 9.59 Å². The van der Waals surface area contributed by atoms with E-state index in [0.29, 0.717) is 19.7 Å². The fraction of sp³-hybridized carbons (Fsp3) is 0.526. The molecule has 2 aliphatic heterocycles. The SMILES string of the molecule is O=C(Cn1nc2n(c1=O)CCCCC2)NCC1COc2ccccc2C1. The second-order valence-electron chi connectivity index (χ2n) is 7.11. The van der Waals surface area contributed by atoms with Gasteiger partial charge in [0.05, 0.1) is 6.61 Å². The van der Waals surface area contributed by atoms with Crippen LogP contribution in [0.1, 0.15) is 30.7 Å². The Balaban J connectivity index is 1.33. The highest BCUT2D eigenvalue weighted by Crippen LogP contribution is 2.26. The first kappa shape index (κ1) is 16.9. The van der Waals surface area contributed by atoms with Gasteiger partial charge in [-0.15, -0.1) is 0 Å². The number of ether oxygens (including phenoxy) is 1. The Labute approximate surface area is 152 Å². The standard InChI is InChI=1S/C19H24N4O3/c24-18(12-23-19(25)22-9-5-1-2-8-17(22)21-23)20-11-14-10-15-6-3-4-7-16(15)26-13-14/h3-4,6-7,14H,1-2,5,8-13H2,(H,20,24). The van der Waals surface area contributed by atoms with Crippen molar-refractivity contribution in [3.63, 3.8) is 0 Å². The zero-order valence-electron chi connectivity index (χ0n) is 14.8. The number of amides is 1. The second-order valence-corrected chi connectivity index (χ2v) is 7.11. The highest BCUT2D eigenvalue weighted by Gasteiger charge is 2.21. The average molecular weight is 356 g/mol. The quantitative estimate of drug-likeness (QED) is 0.891. The number of hydrogen-bond donors (Lipinski definition) is 1. The molecular weight excluding hydrogens is 332 g/mol. The molecule has 0 fully saturated rings. The zero-order chi connectivity index (χ0) is 17.9. The summed E-state index contributed by atoms with van der Waals surface area (Å²) in [5.74, 6) is 1.79. The van der Waals surface area contributed by atoms with Crippen LogP contribution in [0.2, 0.25) is 0 Å². The van der Waals surface area contributed by atoms with Crippen LogP contribution in [0.4, 0.5) is 0 Å². The molecule has 1 N–H and O–H groups in total. The molecule has 2 aliphatic rings. The van der Waals surface area contributed by atoms with E-state index < -0.39 is 0 Å². The zero-order valence-corrected chi connectivity index (χ0v) is 14.8. The maximum absolute atomic E-state index is 12.4. The lowest BCUT2D eigenvalue weighted by Gasteiger charge is -2.25. The number of rotatable bonds is 4. The number of aromatic nitrogens is 3. The molecule has 3 heterocycles. The summed E-state index contributed by atoms with van der Waals surface area (Å²) in [5, 5.41) is 7.28. The molecular formula is C19H24N4O3. The van der Waals surface area contributed by atoms with Crippen molar-refractivity contribution < 1.29 is 9.53 Å². The van der Waals surface area contributed by atoms with Crippen LogP contribution in [-0.4, -0.2) is 33.4 Å². The molecule has 4 rings (SSSR count). The predicted molar refractivity (Wildman–Crippen MR) is 96.2 cm³/mol. The minimum Gasteiger partial charge on any atom is -0.493 e. The van der Waals surface area contributed by atoms with Crippen molar-refractivity contribution in [3.05, 3.63) is 46.1 Å². The lowest BCUT2D eigenvalue weighted by molar-refractivity contribution is -0.122. The van der Waals surface area contributed by atoms with Crippen LogP contribution in [-0.2, 0) is 30.7 Å². The van der Waals surface area contributed by atoms with Gasteiger partial charge in [-0.05, 0) is 30.9 Å². The van der Waals surface area contributed by atoms with E-state index in [0.717, 1.165) is 43.7 Å². The van der Waals surface area contributed by atoms with Crippen molar-refractivity contribution in [2.45, 2.75) is 45.2 Å². The van der Waals surface area contributed by atoms with Crippen LogP contribution in [0, 0.1) is 5.92 Å². The summed E-state index contributed by atoms with van der Waals surface area (Å²) < 4.78 is 8.76. The summed E-state index contributed by atoms with van der Waals surface area (Å²) in [6.45, 7) is 1.81. The van der Waals surface area contributed by atoms with Gasteiger partial charge in [0.2, 0.25) is 5.91 Å². The van der Waals surface area contributed by atoms with Gasteiger partial charge in [0.15, 0.2) is 0 Å². The minimum atomic E-state index is -0.181. The summed E-state index contributed by atoms with van der Waals surface area (Å²) >= 11 is 0. The highest BCUT2D eigenvalue weighted by molar-refractivity contribution is 5.75. The van der Waals surface area contributed by atoms with Crippen LogP contribution < -0.4 is 15.7 Å². The summed E-state index contributed by atoms with van der Waals surface area (Å²) in [6.07, 6.45) is 4.85. The third-order valence-electron chi connectivity index (χ3n) is 5.12. The molecule has 0 bridgehead atoms. The Morgan fingerprint density at radius 1 is 1.27 bits per heavy atom. The van der Waals surface area contributed by atoms with Gasteiger partial charge >= 0.3 is 5.69 Å². The molecule has 1 amide bonds. The number of carbonyl (C=O) groups is 1. The van der Waals surface area contributed by atoms with Crippen molar-refractivity contribution in [1.82, 2.24) is 19.7 Å². The predicted octanol–water partition coefficient (Wildman–Crippen LogP) is 1.14. The van der Waals surface area contributed by atoms with Gasteiger partial charge in [0, 0.05) is 25.4 Å². The summed E-state index contributed by atoms with van der Waals surface area (Å²) in [5.41, 5.74) is 0.999. The van der Waals surface area contributed by atoms with Crippen LogP contribution in [0.25, 0.3) is 0 Å². The molecule has 0 saturated carbocycles. The highest BCUT2D eigenvalue weighted by atomic mass is 16.5. The van der Waals surface area contributed by atoms with E-state index in [4.69, 9.17) is 4.74 Å².